The minimum atomic E-state index is -0.367. The second-order valence-electron chi connectivity index (χ2n) is 3.58. The predicted molar refractivity (Wildman–Crippen MR) is 61.9 cm³/mol. The van der Waals surface area contributed by atoms with Crippen LogP contribution in [0.25, 0.3) is 10.8 Å². The van der Waals surface area contributed by atoms with Gasteiger partial charge in [0.15, 0.2) is 0 Å². The van der Waals surface area contributed by atoms with Crippen LogP contribution in [0.3, 0.4) is 0 Å². The number of methoxy groups -OCH3 is 1. The lowest BCUT2D eigenvalue weighted by Crippen LogP contribution is -1.92. The van der Waals surface area contributed by atoms with Crippen LogP contribution in [0.1, 0.15) is 5.56 Å². The number of nitro benzene ring substituents is 1. The van der Waals surface area contributed by atoms with E-state index in [4.69, 9.17) is 4.74 Å². The molecule has 0 aliphatic carbocycles. The van der Waals surface area contributed by atoms with E-state index in [-0.39, 0.29) is 10.6 Å². The Morgan fingerprint density at radius 2 is 2.06 bits per heavy atom. The van der Waals surface area contributed by atoms with Gasteiger partial charge in [-0.2, -0.15) is 0 Å². The number of nitro groups is 1. The van der Waals surface area contributed by atoms with Gasteiger partial charge in [-0.05, 0) is 30.0 Å². The molecule has 2 rings (SSSR count). The van der Waals surface area contributed by atoms with Gasteiger partial charge >= 0.3 is 0 Å². The second kappa shape index (κ2) is 3.81. The smallest absolute Gasteiger partial charge is 0.277 e. The number of fused-ring (bicyclic) bond motifs is 1. The first-order chi connectivity index (χ1) is 7.63. The second-order valence-corrected chi connectivity index (χ2v) is 3.58. The maximum absolute atomic E-state index is 10.9. The molecule has 0 aliphatic rings. The fourth-order valence-corrected chi connectivity index (χ4v) is 1.78. The lowest BCUT2D eigenvalue weighted by Gasteiger charge is -2.06. The predicted octanol–water partition coefficient (Wildman–Crippen LogP) is 3.07. The number of nitrogens with zero attached hydrogens (tertiary/aromatic N) is 1. The maximum Gasteiger partial charge on any atom is 0.277 e. The van der Waals surface area contributed by atoms with Crippen LogP contribution in [-0.2, 0) is 0 Å². The van der Waals surface area contributed by atoms with Gasteiger partial charge in [0.25, 0.3) is 5.69 Å². The average Bonchev–Trinajstić information content (AvgIpc) is 2.27. The minimum Gasteiger partial charge on any atom is -0.496 e. The molecule has 82 valence electrons. The Bertz CT molecular complexity index is 563. The molecule has 0 saturated carbocycles. The number of benzene rings is 2. The van der Waals surface area contributed by atoms with E-state index < -0.39 is 0 Å². The summed E-state index contributed by atoms with van der Waals surface area (Å²) in [6, 6.07) is 8.62. The van der Waals surface area contributed by atoms with Crippen molar-refractivity contribution in [3.8, 4) is 5.75 Å². The molecule has 0 heterocycles. The lowest BCUT2D eigenvalue weighted by atomic mass is 10.1. The van der Waals surface area contributed by atoms with Gasteiger partial charge in [-0.1, -0.05) is 12.1 Å². The summed E-state index contributed by atoms with van der Waals surface area (Å²) in [7, 11) is 1.59. The van der Waals surface area contributed by atoms with Crippen molar-refractivity contribution in [3.63, 3.8) is 0 Å². The normalized spacial score (nSPS) is 10.4. The molecule has 0 unspecified atom stereocenters. The van der Waals surface area contributed by atoms with E-state index >= 15 is 0 Å². The molecule has 0 radical (unpaired) electrons. The maximum atomic E-state index is 10.9. The molecule has 0 amide bonds. The average molecular weight is 217 g/mol. The first-order valence-electron chi connectivity index (χ1n) is 4.85. The highest BCUT2D eigenvalue weighted by molar-refractivity contribution is 5.92. The first kappa shape index (κ1) is 10.4. The topological polar surface area (TPSA) is 52.4 Å². The molecular formula is C12H11NO3. The van der Waals surface area contributed by atoms with Gasteiger partial charge in [0.1, 0.15) is 5.75 Å². The zero-order chi connectivity index (χ0) is 11.7. The van der Waals surface area contributed by atoms with Crippen molar-refractivity contribution >= 4 is 16.5 Å². The van der Waals surface area contributed by atoms with Crippen LogP contribution in [0.4, 0.5) is 5.69 Å². The van der Waals surface area contributed by atoms with Crippen LogP contribution < -0.4 is 4.74 Å². The molecule has 4 nitrogen and oxygen atoms in total. The highest BCUT2D eigenvalue weighted by Gasteiger charge is 2.12. The molecule has 2 aromatic carbocycles. The summed E-state index contributed by atoms with van der Waals surface area (Å²) in [5, 5.41) is 12.3. The molecule has 0 atom stereocenters. The fraction of sp³-hybridized carbons (Fsp3) is 0.167. The Morgan fingerprint density at radius 1 is 1.31 bits per heavy atom. The van der Waals surface area contributed by atoms with Crippen LogP contribution in [0.2, 0.25) is 0 Å². The molecule has 0 aromatic heterocycles. The summed E-state index contributed by atoms with van der Waals surface area (Å²) in [5.74, 6) is 0.744. The van der Waals surface area contributed by atoms with Gasteiger partial charge < -0.3 is 4.74 Å². The molecular weight excluding hydrogens is 206 g/mol. The number of ether oxygens (including phenoxy) is 1. The van der Waals surface area contributed by atoms with E-state index in [9.17, 15) is 10.1 Å². The lowest BCUT2D eigenvalue weighted by molar-refractivity contribution is -0.383. The molecule has 4 heteroatoms. The molecule has 0 spiro atoms. The minimum absolute atomic E-state index is 0.128. The molecule has 0 aliphatic heterocycles. The molecule has 0 N–H and O–H groups in total. The van der Waals surface area contributed by atoms with E-state index in [2.05, 4.69) is 0 Å². The van der Waals surface area contributed by atoms with Gasteiger partial charge in [0.2, 0.25) is 0 Å². The third-order valence-electron chi connectivity index (χ3n) is 2.57. The summed E-state index contributed by atoms with van der Waals surface area (Å²) >= 11 is 0. The molecule has 0 saturated heterocycles. The standard InChI is InChI=1S/C12H11NO3/c1-8-6-10-9(7-12(8)16-2)4-3-5-11(10)13(14)15/h3-7H,1-2H3. The van der Waals surface area contributed by atoms with Gasteiger partial charge in [-0.25, -0.2) is 0 Å². The number of aryl methyl sites for hydroxylation is 1. The Kier molecular flexibility index (Phi) is 2.48. The van der Waals surface area contributed by atoms with Crippen LogP contribution >= 0.6 is 0 Å². The van der Waals surface area contributed by atoms with Gasteiger partial charge in [0, 0.05) is 6.07 Å². The SMILES string of the molecule is COc1cc2cccc([N+](=O)[O-])c2cc1C. The molecule has 0 bridgehead atoms. The van der Waals surface area contributed by atoms with Crippen molar-refractivity contribution in [1.29, 1.82) is 0 Å². The highest BCUT2D eigenvalue weighted by atomic mass is 16.6. The van der Waals surface area contributed by atoms with Crippen LogP contribution in [0.5, 0.6) is 5.75 Å². The third kappa shape index (κ3) is 1.58. The van der Waals surface area contributed by atoms with Crippen molar-refractivity contribution in [2.24, 2.45) is 0 Å². The molecule has 0 fully saturated rings. The zero-order valence-corrected chi connectivity index (χ0v) is 9.06. The van der Waals surface area contributed by atoms with Crippen molar-refractivity contribution < 1.29 is 9.66 Å². The van der Waals surface area contributed by atoms with Gasteiger partial charge in [0.05, 0.1) is 17.4 Å². The number of rotatable bonds is 2. The van der Waals surface area contributed by atoms with E-state index in [1.54, 1.807) is 19.2 Å². The van der Waals surface area contributed by atoms with Crippen LogP contribution in [0.15, 0.2) is 30.3 Å². The first-order valence-corrected chi connectivity index (χ1v) is 4.85. The molecule has 2 aromatic rings. The largest absolute Gasteiger partial charge is 0.496 e. The Labute approximate surface area is 92.6 Å². The summed E-state index contributed by atoms with van der Waals surface area (Å²) in [6.07, 6.45) is 0. The van der Waals surface area contributed by atoms with E-state index in [1.807, 2.05) is 19.1 Å². The van der Waals surface area contributed by atoms with Crippen molar-refractivity contribution in [2.45, 2.75) is 6.92 Å². The fourth-order valence-electron chi connectivity index (χ4n) is 1.78. The van der Waals surface area contributed by atoms with Crippen molar-refractivity contribution in [1.82, 2.24) is 0 Å². The molecule has 16 heavy (non-hydrogen) atoms. The zero-order valence-electron chi connectivity index (χ0n) is 9.06. The van der Waals surface area contributed by atoms with E-state index in [1.165, 1.54) is 6.07 Å². The van der Waals surface area contributed by atoms with Crippen LogP contribution in [-0.4, -0.2) is 12.0 Å². The third-order valence-corrected chi connectivity index (χ3v) is 2.57. The summed E-state index contributed by atoms with van der Waals surface area (Å²) in [6.45, 7) is 1.87. The Balaban J connectivity index is 2.79. The number of non-ortho nitro benzene ring substituents is 1. The number of hydrogen-bond donors (Lipinski definition) is 0. The highest BCUT2D eigenvalue weighted by Crippen LogP contribution is 2.30. The van der Waals surface area contributed by atoms with Gasteiger partial charge in [-0.3, -0.25) is 10.1 Å². The summed E-state index contributed by atoms with van der Waals surface area (Å²) < 4.78 is 5.18. The Hall–Kier alpha value is -2.10. The van der Waals surface area contributed by atoms with Crippen LogP contribution in [0, 0.1) is 17.0 Å². The summed E-state index contributed by atoms with van der Waals surface area (Å²) in [4.78, 5) is 10.5. The van der Waals surface area contributed by atoms with Crippen molar-refractivity contribution in [2.75, 3.05) is 7.11 Å². The van der Waals surface area contributed by atoms with E-state index in [0.29, 0.717) is 5.39 Å². The quantitative estimate of drug-likeness (QED) is 0.573. The van der Waals surface area contributed by atoms with E-state index in [0.717, 1.165) is 16.7 Å². The summed E-state index contributed by atoms with van der Waals surface area (Å²) in [5.41, 5.74) is 1.02. The van der Waals surface area contributed by atoms with Gasteiger partial charge in [-0.15, -0.1) is 0 Å². The Morgan fingerprint density at radius 3 is 2.69 bits per heavy atom. The monoisotopic (exact) mass is 217 g/mol. The van der Waals surface area contributed by atoms with Crippen molar-refractivity contribution in [3.05, 3.63) is 46.0 Å². The number of hydrogen-bond acceptors (Lipinski definition) is 3.